The SMILES string of the molecule is Cc1cc(NS(=O)(=O)c2ccc(NC(=O)C(N)=O)cc2)no1. The predicted octanol–water partition coefficient (Wildman–Crippen LogP) is 0.208. The molecule has 1 heterocycles. The molecule has 4 N–H and O–H groups in total. The van der Waals surface area contributed by atoms with Gasteiger partial charge in [0.05, 0.1) is 4.90 Å². The number of nitrogens with two attached hydrogens (primary N) is 1. The normalized spacial score (nSPS) is 11.0. The lowest BCUT2D eigenvalue weighted by Crippen LogP contribution is -2.29. The molecule has 0 aliphatic carbocycles. The van der Waals surface area contributed by atoms with Gasteiger partial charge in [-0.2, -0.15) is 0 Å². The highest BCUT2D eigenvalue weighted by Crippen LogP contribution is 2.18. The number of hydrogen-bond donors (Lipinski definition) is 3. The van der Waals surface area contributed by atoms with Crippen molar-refractivity contribution in [3.8, 4) is 0 Å². The zero-order valence-corrected chi connectivity index (χ0v) is 12.2. The number of sulfonamides is 1. The molecule has 1 aromatic carbocycles. The molecule has 2 rings (SSSR count). The number of hydrogen-bond acceptors (Lipinski definition) is 6. The summed E-state index contributed by atoms with van der Waals surface area (Å²) in [5, 5.41) is 5.75. The zero-order chi connectivity index (χ0) is 16.3. The molecule has 0 aliphatic heterocycles. The minimum absolute atomic E-state index is 0.0507. The van der Waals surface area contributed by atoms with Crippen LogP contribution < -0.4 is 15.8 Å². The number of aryl methyl sites for hydroxylation is 1. The number of anilines is 2. The molecular formula is C12H12N4O5S. The van der Waals surface area contributed by atoms with Gasteiger partial charge >= 0.3 is 11.8 Å². The summed E-state index contributed by atoms with van der Waals surface area (Å²) in [5.74, 6) is -1.61. The minimum Gasteiger partial charge on any atom is -0.361 e. The van der Waals surface area contributed by atoms with Crippen molar-refractivity contribution in [1.82, 2.24) is 5.16 Å². The molecule has 0 radical (unpaired) electrons. The summed E-state index contributed by atoms with van der Waals surface area (Å²) >= 11 is 0. The van der Waals surface area contributed by atoms with Crippen LogP contribution in [0, 0.1) is 6.92 Å². The zero-order valence-electron chi connectivity index (χ0n) is 11.4. The first kappa shape index (κ1) is 15.5. The highest BCUT2D eigenvalue weighted by Gasteiger charge is 2.16. The van der Waals surface area contributed by atoms with Gasteiger partial charge in [-0.15, -0.1) is 0 Å². The molecule has 2 aromatic rings. The van der Waals surface area contributed by atoms with Crippen LogP contribution in [0.15, 0.2) is 39.8 Å². The lowest BCUT2D eigenvalue weighted by atomic mass is 10.3. The smallest absolute Gasteiger partial charge is 0.313 e. The molecule has 10 heteroatoms. The number of rotatable bonds is 4. The molecule has 0 saturated carbocycles. The van der Waals surface area contributed by atoms with Gasteiger partial charge in [0.2, 0.25) is 0 Å². The van der Waals surface area contributed by atoms with Crippen molar-refractivity contribution in [2.75, 3.05) is 10.0 Å². The van der Waals surface area contributed by atoms with Crippen molar-refractivity contribution in [1.29, 1.82) is 0 Å². The average Bonchev–Trinajstić information content (AvgIpc) is 2.83. The van der Waals surface area contributed by atoms with Crippen molar-refractivity contribution in [3.05, 3.63) is 36.1 Å². The number of primary amides is 1. The highest BCUT2D eigenvalue weighted by atomic mass is 32.2. The summed E-state index contributed by atoms with van der Waals surface area (Å²) in [4.78, 5) is 21.7. The number of benzene rings is 1. The Bertz CT molecular complexity index is 810. The van der Waals surface area contributed by atoms with Crippen molar-refractivity contribution >= 4 is 33.3 Å². The number of carbonyl (C=O) groups excluding carboxylic acids is 2. The molecule has 9 nitrogen and oxygen atoms in total. The topological polar surface area (TPSA) is 144 Å². The summed E-state index contributed by atoms with van der Waals surface area (Å²) in [5.41, 5.74) is 5.03. The van der Waals surface area contributed by atoms with Crippen molar-refractivity contribution in [3.63, 3.8) is 0 Å². The van der Waals surface area contributed by atoms with Crippen LogP contribution in [0.25, 0.3) is 0 Å². The van der Waals surface area contributed by atoms with Crippen molar-refractivity contribution in [2.45, 2.75) is 11.8 Å². The number of nitrogens with zero attached hydrogens (tertiary/aromatic N) is 1. The summed E-state index contributed by atoms with van der Waals surface area (Å²) in [6.45, 7) is 1.63. The lowest BCUT2D eigenvalue weighted by Gasteiger charge is -2.06. The Labute approximate surface area is 125 Å². The van der Waals surface area contributed by atoms with E-state index >= 15 is 0 Å². The van der Waals surface area contributed by atoms with Gasteiger partial charge in [0.15, 0.2) is 5.82 Å². The van der Waals surface area contributed by atoms with E-state index in [1.54, 1.807) is 6.92 Å². The second-order valence-corrected chi connectivity index (χ2v) is 5.95. The quantitative estimate of drug-likeness (QED) is 0.685. The maximum Gasteiger partial charge on any atom is 0.313 e. The van der Waals surface area contributed by atoms with Crippen LogP contribution in [-0.4, -0.2) is 25.4 Å². The fraction of sp³-hybridized carbons (Fsp3) is 0.0833. The minimum atomic E-state index is -3.84. The molecule has 0 bridgehead atoms. The Morgan fingerprint density at radius 1 is 1.23 bits per heavy atom. The van der Waals surface area contributed by atoms with Crippen molar-refractivity contribution < 1.29 is 22.5 Å². The van der Waals surface area contributed by atoms with Crippen LogP contribution >= 0.6 is 0 Å². The Balaban J connectivity index is 2.15. The molecule has 0 saturated heterocycles. The molecule has 0 aliphatic rings. The monoisotopic (exact) mass is 324 g/mol. The van der Waals surface area contributed by atoms with Crippen LogP contribution in [0.5, 0.6) is 0 Å². The Morgan fingerprint density at radius 2 is 1.86 bits per heavy atom. The number of nitrogens with one attached hydrogen (secondary N) is 2. The van der Waals surface area contributed by atoms with Crippen LogP contribution in [0.2, 0.25) is 0 Å². The van der Waals surface area contributed by atoms with Gasteiger partial charge in [-0.25, -0.2) is 8.42 Å². The second-order valence-electron chi connectivity index (χ2n) is 4.27. The van der Waals surface area contributed by atoms with E-state index in [2.05, 4.69) is 15.2 Å². The summed E-state index contributed by atoms with van der Waals surface area (Å²) in [6, 6.07) is 6.59. The highest BCUT2D eigenvalue weighted by molar-refractivity contribution is 7.92. The van der Waals surface area contributed by atoms with E-state index in [0.717, 1.165) is 0 Å². The van der Waals surface area contributed by atoms with Crippen LogP contribution in [0.4, 0.5) is 11.5 Å². The maximum atomic E-state index is 12.1. The number of carbonyl (C=O) groups is 2. The molecule has 0 unspecified atom stereocenters. The van der Waals surface area contributed by atoms with Gasteiger partial charge in [0.1, 0.15) is 5.76 Å². The molecule has 1 aromatic heterocycles. The van der Waals surface area contributed by atoms with E-state index in [0.29, 0.717) is 5.76 Å². The third-order valence-corrected chi connectivity index (χ3v) is 3.88. The van der Waals surface area contributed by atoms with Crippen molar-refractivity contribution in [2.24, 2.45) is 5.73 Å². The van der Waals surface area contributed by atoms with Gasteiger partial charge in [-0.1, -0.05) is 5.16 Å². The fourth-order valence-corrected chi connectivity index (χ4v) is 2.50. The number of amides is 2. The van der Waals surface area contributed by atoms with E-state index in [1.807, 2.05) is 0 Å². The summed E-state index contributed by atoms with van der Waals surface area (Å²) in [6.07, 6.45) is 0. The Hall–Kier alpha value is -2.88. The molecule has 0 atom stereocenters. The van der Waals surface area contributed by atoms with Crippen LogP contribution in [-0.2, 0) is 19.6 Å². The van der Waals surface area contributed by atoms with E-state index in [9.17, 15) is 18.0 Å². The first-order valence-electron chi connectivity index (χ1n) is 5.95. The van der Waals surface area contributed by atoms with Gasteiger partial charge in [0.25, 0.3) is 10.0 Å². The van der Waals surface area contributed by atoms with Gasteiger partial charge in [0, 0.05) is 11.8 Å². The van der Waals surface area contributed by atoms with Gasteiger partial charge in [-0.05, 0) is 31.2 Å². The first-order chi connectivity index (χ1) is 10.3. The van der Waals surface area contributed by atoms with Crippen LogP contribution in [0.1, 0.15) is 5.76 Å². The average molecular weight is 324 g/mol. The molecule has 116 valence electrons. The largest absolute Gasteiger partial charge is 0.361 e. The molecule has 0 spiro atoms. The molecule has 0 fully saturated rings. The van der Waals surface area contributed by atoms with E-state index in [4.69, 9.17) is 10.3 Å². The van der Waals surface area contributed by atoms with Gasteiger partial charge in [-0.3, -0.25) is 14.3 Å². The van der Waals surface area contributed by atoms with Gasteiger partial charge < -0.3 is 15.6 Å². The maximum absolute atomic E-state index is 12.1. The standard InChI is InChI=1S/C12H12N4O5S/c1-7-6-10(15-21-7)16-22(19,20)9-4-2-8(3-5-9)14-12(18)11(13)17/h2-6H,1H3,(H2,13,17)(H,14,18)(H,15,16). The molecule has 2 amide bonds. The molecular weight excluding hydrogens is 312 g/mol. The van der Waals surface area contributed by atoms with E-state index in [1.165, 1.54) is 30.3 Å². The predicted molar refractivity (Wildman–Crippen MR) is 76.3 cm³/mol. The Morgan fingerprint density at radius 3 is 2.36 bits per heavy atom. The van der Waals surface area contributed by atoms with E-state index in [-0.39, 0.29) is 16.4 Å². The third kappa shape index (κ3) is 3.61. The first-order valence-corrected chi connectivity index (χ1v) is 7.43. The second kappa shape index (κ2) is 5.85. The van der Waals surface area contributed by atoms with Crippen LogP contribution in [0.3, 0.4) is 0 Å². The number of aromatic nitrogens is 1. The molecule has 22 heavy (non-hydrogen) atoms. The lowest BCUT2D eigenvalue weighted by molar-refractivity contribution is -0.134. The third-order valence-electron chi connectivity index (χ3n) is 2.51. The summed E-state index contributed by atoms with van der Waals surface area (Å²) in [7, 11) is -3.84. The Kier molecular flexibility index (Phi) is 4.13. The van der Waals surface area contributed by atoms with E-state index < -0.39 is 21.8 Å². The summed E-state index contributed by atoms with van der Waals surface area (Å²) < 4.78 is 31.2. The fourth-order valence-electron chi connectivity index (χ4n) is 1.52.